The maximum Gasteiger partial charge on any atom is 0.282 e. The third-order valence-corrected chi connectivity index (χ3v) is 5.01. The highest BCUT2D eigenvalue weighted by Gasteiger charge is 2.41. The fourth-order valence-corrected chi connectivity index (χ4v) is 3.58. The van der Waals surface area contributed by atoms with Gasteiger partial charge >= 0.3 is 0 Å². The number of imide groups is 1. The lowest BCUT2D eigenvalue weighted by atomic mass is 10.0. The molecule has 0 atom stereocenters. The molecular weight excluding hydrogens is 376 g/mol. The van der Waals surface area contributed by atoms with Crippen LogP contribution in [0.15, 0.2) is 78.5 Å². The van der Waals surface area contributed by atoms with Gasteiger partial charge in [-0.2, -0.15) is 0 Å². The molecule has 1 aliphatic rings. The van der Waals surface area contributed by atoms with Crippen LogP contribution in [0.4, 0.5) is 11.4 Å². The summed E-state index contributed by atoms with van der Waals surface area (Å²) in [6, 6.07) is 22.3. The Morgan fingerprint density at radius 1 is 0.800 bits per heavy atom. The summed E-state index contributed by atoms with van der Waals surface area (Å²) in [5, 5.41) is 3.19. The number of hydrogen-bond acceptors (Lipinski definition) is 4. The Hall–Kier alpha value is -3.86. The highest BCUT2D eigenvalue weighted by molar-refractivity contribution is 6.46. The summed E-state index contributed by atoms with van der Waals surface area (Å²) in [5.41, 5.74) is 4.43. The maximum absolute atomic E-state index is 13.5. The molecule has 3 aromatic carbocycles. The first kappa shape index (κ1) is 19.5. The second-order valence-corrected chi connectivity index (χ2v) is 7.23. The number of aryl methyl sites for hydroxylation is 2. The van der Waals surface area contributed by atoms with Gasteiger partial charge in [0.25, 0.3) is 11.8 Å². The molecule has 5 nitrogen and oxygen atoms in total. The molecule has 0 aromatic heterocycles. The molecule has 2 amide bonds. The van der Waals surface area contributed by atoms with Crippen molar-refractivity contribution in [3.05, 3.63) is 95.2 Å². The molecule has 0 fully saturated rings. The number of anilines is 2. The summed E-state index contributed by atoms with van der Waals surface area (Å²) in [7, 11) is 1.52. The normalized spacial score (nSPS) is 13.8. The van der Waals surface area contributed by atoms with Crippen LogP contribution in [-0.4, -0.2) is 18.9 Å². The van der Waals surface area contributed by atoms with Gasteiger partial charge in [0.15, 0.2) is 0 Å². The summed E-state index contributed by atoms with van der Waals surface area (Å²) in [5.74, 6) is -0.332. The van der Waals surface area contributed by atoms with Gasteiger partial charge in [-0.15, -0.1) is 0 Å². The smallest absolute Gasteiger partial charge is 0.282 e. The van der Waals surface area contributed by atoms with E-state index >= 15 is 0 Å². The van der Waals surface area contributed by atoms with Crippen molar-refractivity contribution in [3.63, 3.8) is 0 Å². The fourth-order valence-electron chi connectivity index (χ4n) is 3.58. The van der Waals surface area contributed by atoms with Crippen LogP contribution in [0.3, 0.4) is 0 Å². The van der Waals surface area contributed by atoms with Crippen LogP contribution < -0.4 is 15.0 Å². The molecule has 3 aromatic rings. The number of carbonyl (C=O) groups is 2. The van der Waals surface area contributed by atoms with E-state index in [1.807, 2.05) is 74.5 Å². The van der Waals surface area contributed by atoms with Gasteiger partial charge in [0, 0.05) is 5.69 Å². The second-order valence-electron chi connectivity index (χ2n) is 7.23. The van der Waals surface area contributed by atoms with Crippen molar-refractivity contribution < 1.29 is 14.3 Å². The van der Waals surface area contributed by atoms with E-state index in [4.69, 9.17) is 4.74 Å². The van der Waals surface area contributed by atoms with Crippen molar-refractivity contribution in [1.82, 2.24) is 0 Å². The van der Waals surface area contributed by atoms with Gasteiger partial charge in [-0.25, -0.2) is 4.90 Å². The minimum Gasteiger partial charge on any atom is -0.495 e. The Bertz CT molecular complexity index is 1170. The van der Waals surface area contributed by atoms with E-state index < -0.39 is 5.91 Å². The van der Waals surface area contributed by atoms with Gasteiger partial charge in [-0.05, 0) is 54.8 Å². The van der Waals surface area contributed by atoms with Gasteiger partial charge in [0.2, 0.25) is 0 Å². The molecule has 0 bridgehead atoms. The van der Waals surface area contributed by atoms with E-state index in [1.54, 1.807) is 12.1 Å². The number of carbonyl (C=O) groups excluding carboxylic acids is 2. The zero-order valence-corrected chi connectivity index (χ0v) is 17.1. The largest absolute Gasteiger partial charge is 0.495 e. The quantitative estimate of drug-likeness (QED) is 0.633. The van der Waals surface area contributed by atoms with Crippen LogP contribution in [0, 0.1) is 13.8 Å². The number of benzene rings is 3. The molecule has 5 heteroatoms. The first-order chi connectivity index (χ1) is 14.5. The summed E-state index contributed by atoms with van der Waals surface area (Å²) >= 11 is 0. The molecule has 0 spiro atoms. The lowest BCUT2D eigenvalue weighted by Crippen LogP contribution is -2.32. The minimum absolute atomic E-state index is 0.250. The van der Waals surface area contributed by atoms with E-state index in [0.29, 0.717) is 22.6 Å². The molecule has 0 unspecified atom stereocenters. The molecule has 0 aliphatic carbocycles. The third kappa shape index (κ3) is 3.46. The Morgan fingerprint density at radius 2 is 1.53 bits per heavy atom. The van der Waals surface area contributed by atoms with Crippen molar-refractivity contribution in [3.8, 4) is 5.75 Å². The second kappa shape index (κ2) is 7.87. The predicted molar refractivity (Wildman–Crippen MR) is 118 cm³/mol. The molecule has 4 rings (SSSR count). The number of rotatable bonds is 5. The maximum atomic E-state index is 13.5. The Morgan fingerprint density at radius 3 is 2.23 bits per heavy atom. The van der Waals surface area contributed by atoms with Crippen LogP contribution in [-0.2, 0) is 9.59 Å². The number of nitrogens with zero attached hydrogens (tertiary/aromatic N) is 1. The number of nitrogens with one attached hydrogen (secondary N) is 1. The topological polar surface area (TPSA) is 58.6 Å². The van der Waals surface area contributed by atoms with Gasteiger partial charge < -0.3 is 10.1 Å². The van der Waals surface area contributed by atoms with Crippen LogP contribution >= 0.6 is 0 Å². The molecule has 150 valence electrons. The lowest BCUT2D eigenvalue weighted by Gasteiger charge is -2.19. The minimum atomic E-state index is -0.413. The van der Waals surface area contributed by atoms with E-state index in [-0.39, 0.29) is 11.6 Å². The van der Waals surface area contributed by atoms with Crippen LogP contribution in [0.25, 0.3) is 5.57 Å². The SMILES string of the molecule is COc1ccc(C)cc1N1C(=O)C(Nc2cccc(C)c2)=C(c2ccccc2)C1=O. The fraction of sp³-hybridized carbons (Fsp3) is 0.120. The number of amides is 2. The first-order valence-electron chi connectivity index (χ1n) is 9.66. The molecule has 1 heterocycles. The number of methoxy groups -OCH3 is 1. The average molecular weight is 398 g/mol. The molecule has 0 radical (unpaired) electrons. The van der Waals surface area contributed by atoms with Crippen molar-refractivity contribution >= 4 is 28.8 Å². The van der Waals surface area contributed by atoms with E-state index in [2.05, 4.69) is 5.32 Å². The molecular formula is C25H22N2O3. The van der Waals surface area contributed by atoms with Crippen molar-refractivity contribution in [2.24, 2.45) is 0 Å². The first-order valence-corrected chi connectivity index (χ1v) is 9.66. The molecule has 0 saturated carbocycles. The number of hydrogen-bond donors (Lipinski definition) is 1. The Labute approximate surface area is 175 Å². The van der Waals surface area contributed by atoms with Crippen molar-refractivity contribution in [2.75, 3.05) is 17.3 Å². The van der Waals surface area contributed by atoms with Crippen LogP contribution in [0.1, 0.15) is 16.7 Å². The Kier molecular flexibility index (Phi) is 5.11. The standard InChI is InChI=1S/C25H22N2O3/c1-16-8-7-11-19(14-16)26-23-22(18-9-5-4-6-10-18)24(28)27(25(23)29)20-15-17(2)12-13-21(20)30-3/h4-15,26H,1-3H3. The molecule has 0 saturated heterocycles. The molecule has 30 heavy (non-hydrogen) atoms. The summed E-state index contributed by atoms with van der Waals surface area (Å²) in [6.45, 7) is 3.88. The van der Waals surface area contributed by atoms with Gasteiger partial charge in [0.1, 0.15) is 11.4 Å². The number of ether oxygens (including phenoxy) is 1. The monoisotopic (exact) mass is 398 g/mol. The van der Waals surface area contributed by atoms with Gasteiger partial charge in [-0.3, -0.25) is 9.59 Å². The van der Waals surface area contributed by atoms with Crippen molar-refractivity contribution in [1.29, 1.82) is 0 Å². The lowest BCUT2D eigenvalue weighted by molar-refractivity contribution is -0.120. The van der Waals surface area contributed by atoms with Gasteiger partial charge in [-0.1, -0.05) is 48.5 Å². The zero-order chi connectivity index (χ0) is 21.3. The Balaban J connectivity index is 1.85. The van der Waals surface area contributed by atoms with E-state index in [0.717, 1.165) is 16.8 Å². The summed E-state index contributed by atoms with van der Waals surface area (Å²) in [4.78, 5) is 28.2. The van der Waals surface area contributed by atoms with E-state index in [1.165, 1.54) is 12.0 Å². The van der Waals surface area contributed by atoms with Crippen LogP contribution in [0.5, 0.6) is 5.75 Å². The highest BCUT2D eigenvalue weighted by Crippen LogP contribution is 2.38. The summed E-state index contributed by atoms with van der Waals surface area (Å²) in [6.07, 6.45) is 0. The predicted octanol–water partition coefficient (Wildman–Crippen LogP) is 4.71. The van der Waals surface area contributed by atoms with Crippen molar-refractivity contribution in [2.45, 2.75) is 13.8 Å². The van der Waals surface area contributed by atoms with Crippen LogP contribution in [0.2, 0.25) is 0 Å². The van der Waals surface area contributed by atoms with E-state index in [9.17, 15) is 9.59 Å². The third-order valence-electron chi connectivity index (χ3n) is 5.01. The molecule has 1 aliphatic heterocycles. The zero-order valence-electron chi connectivity index (χ0n) is 17.1. The summed E-state index contributed by atoms with van der Waals surface area (Å²) < 4.78 is 5.43. The highest BCUT2D eigenvalue weighted by atomic mass is 16.5. The average Bonchev–Trinajstić information content (AvgIpc) is 2.98. The van der Waals surface area contributed by atoms with Gasteiger partial charge in [0.05, 0.1) is 18.4 Å². The molecule has 1 N–H and O–H groups in total.